The molecule has 0 bridgehead atoms. The minimum atomic E-state index is -0.265. The van der Waals surface area contributed by atoms with Crippen LogP contribution in [-0.4, -0.2) is 24.9 Å². The largest absolute Gasteiger partial charge is 0.507 e. The maximum atomic E-state index is 12.8. The lowest BCUT2D eigenvalue weighted by Gasteiger charge is -2.10. The molecule has 0 saturated carbocycles. The summed E-state index contributed by atoms with van der Waals surface area (Å²) in [5.74, 6) is 0.0609. The minimum Gasteiger partial charge on any atom is -0.507 e. The van der Waals surface area contributed by atoms with Crippen LogP contribution in [0.4, 0.5) is 0 Å². The van der Waals surface area contributed by atoms with Gasteiger partial charge in [-0.1, -0.05) is 12.1 Å². The van der Waals surface area contributed by atoms with Gasteiger partial charge in [-0.15, -0.1) is 5.10 Å². The average Bonchev–Trinajstić information content (AvgIpc) is 3.02. The number of H-pyrrole nitrogens is 2. The lowest BCUT2D eigenvalue weighted by molar-refractivity contribution is 0.472. The van der Waals surface area contributed by atoms with E-state index in [2.05, 4.69) is 15.2 Å². The van der Waals surface area contributed by atoms with Crippen LogP contribution in [-0.2, 0) is 0 Å². The molecule has 0 spiro atoms. The predicted molar refractivity (Wildman–Crippen MR) is 97.1 cm³/mol. The van der Waals surface area contributed by atoms with E-state index in [-0.39, 0.29) is 26.8 Å². The molecule has 0 radical (unpaired) electrons. The molecule has 4 aromatic rings. The first-order valence-corrected chi connectivity index (χ1v) is 7.99. The maximum absolute atomic E-state index is 12.8. The Morgan fingerprint density at radius 1 is 1.16 bits per heavy atom. The van der Waals surface area contributed by atoms with Crippen LogP contribution in [0.3, 0.4) is 0 Å². The second kappa shape index (κ2) is 5.80. The molecule has 25 heavy (non-hydrogen) atoms. The van der Waals surface area contributed by atoms with E-state index in [1.165, 1.54) is 10.6 Å². The third-order valence-electron chi connectivity index (χ3n) is 3.71. The van der Waals surface area contributed by atoms with E-state index in [0.29, 0.717) is 22.2 Å². The van der Waals surface area contributed by atoms with Gasteiger partial charge in [0.25, 0.3) is 10.4 Å². The molecule has 2 heterocycles. The van der Waals surface area contributed by atoms with E-state index >= 15 is 0 Å². The van der Waals surface area contributed by atoms with Gasteiger partial charge >= 0.3 is 0 Å². The van der Waals surface area contributed by atoms with Crippen LogP contribution >= 0.6 is 24.4 Å². The predicted octanol–water partition coefficient (Wildman–Crippen LogP) is 3.47. The highest BCUT2D eigenvalue weighted by atomic mass is 32.1. The first-order valence-electron chi connectivity index (χ1n) is 7.18. The summed E-state index contributed by atoms with van der Waals surface area (Å²) in [5.41, 5.74) is 1.15. The van der Waals surface area contributed by atoms with Crippen LogP contribution in [0, 0.1) is 9.61 Å². The van der Waals surface area contributed by atoms with Crippen LogP contribution in [0.2, 0.25) is 0 Å². The van der Waals surface area contributed by atoms with E-state index in [1.807, 2.05) is 6.07 Å². The van der Waals surface area contributed by atoms with Crippen molar-refractivity contribution in [2.24, 2.45) is 0 Å². The Morgan fingerprint density at radius 2 is 1.96 bits per heavy atom. The van der Waals surface area contributed by atoms with Crippen LogP contribution in [0.15, 0.2) is 51.7 Å². The van der Waals surface area contributed by atoms with Crippen LogP contribution < -0.4 is 5.56 Å². The van der Waals surface area contributed by atoms with Crippen molar-refractivity contribution in [3.05, 3.63) is 62.4 Å². The fourth-order valence-electron chi connectivity index (χ4n) is 2.58. The average molecular weight is 370 g/mol. The number of phenols is 1. The molecule has 0 aliphatic rings. The molecule has 7 nitrogen and oxygen atoms in total. The number of para-hydroxylation sites is 1. The minimum absolute atomic E-state index is 0.0577. The van der Waals surface area contributed by atoms with Crippen molar-refractivity contribution in [1.29, 1.82) is 0 Å². The summed E-state index contributed by atoms with van der Waals surface area (Å²) in [6, 6.07) is 11.7. The summed E-state index contributed by atoms with van der Waals surface area (Å²) in [5, 5.41) is 17.0. The second-order valence-corrected chi connectivity index (χ2v) is 5.99. The zero-order valence-corrected chi connectivity index (χ0v) is 14.1. The molecule has 2 aromatic carbocycles. The quantitative estimate of drug-likeness (QED) is 0.467. The summed E-state index contributed by atoms with van der Waals surface area (Å²) in [7, 11) is 0. The number of rotatable bonds is 2. The fraction of sp³-hybridized carbons (Fsp3) is 0. The second-order valence-electron chi connectivity index (χ2n) is 5.24. The van der Waals surface area contributed by atoms with E-state index in [9.17, 15) is 9.90 Å². The summed E-state index contributed by atoms with van der Waals surface area (Å²) < 4.78 is 6.83. The lowest BCUT2D eigenvalue weighted by atomic mass is 10.1. The normalized spacial score (nSPS) is 11.0. The third kappa shape index (κ3) is 2.59. The standard InChI is InChI=1S/C16H10N4O3S2/c21-12-6-5-8(7-10(12)13-18-19-16(25)23-13)20-14(22)9-3-1-2-4-11(9)17-15(20)24/h1-7,21H,(H,17,24)(H,19,25). The Balaban J connectivity index is 2.00. The van der Waals surface area contributed by atoms with Crippen molar-refractivity contribution < 1.29 is 9.52 Å². The molecule has 3 N–H and O–H groups in total. The molecule has 0 unspecified atom stereocenters. The number of nitrogens with zero attached hydrogens (tertiary/aromatic N) is 2. The van der Waals surface area contributed by atoms with Gasteiger partial charge in [-0.25, -0.2) is 5.10 Å². The number of hydrogen-bond donors (Lipinski definition) is 3. The highest BCUT2D eigenvalue weighted by Crippen LogP contribution is 2.29. The molecule has 0 aliphatic heterocycles. The molecule has 9 heteroatoms. The van der Waals surface area contributed by atoms with E-state index in [4.69, 9.17) is 28.9 Å². The Kier molecular flexibility index (Phi) is 3.59. The smallest absolute Gasteiger partial charge is 0.284 e. The van der Waals surface area contributed by atoms with Gasteiger partial charge in [0.05, 0.1) is 22.2 Å². The first kappa shape index (κ1) is 15.5. The van der Waals surface area contributed by atoms with E-state index in [0.717, 1.165) is 0 Å². The molecule has 124 valence electrons. The van der Waals surface area contributed by atoms with Crippen molar-refractivity contribution >= 4 is 35.3 Å². The number of hydrogen-bond acceptors (Lipinski definition) is 6. The topological polar surface area (TPSA) is 99.8 Å². The molecule has 0 fully saturated rings. The number of nitrogens with one attached hydrogen (secondary N) is 2. The highest BCUT2D eigenvalue weighted by Gasteiger charge is 2.14. The lowest BCUT2D eigenvalue weighted by Crippen LogP contribution is -2.20. The summed E-state index contributed by atoms with van der Waals surface area (Å²) >= 11 is 10.2. The number of aromatic hydroxyl groups is 1. The third-order valence-corrected chi connectivity index (χ3v) is 4.17. The van der Waals surface area contributed by atoms with Crippen molar-refractivity contribution in [1.82, 2.24) is 19.7 Å². The Morgan fingerprint density at radius 3 is 2.72 bits per heavy atom. The van der Waals surface area contributed by atoms with Gasteiger partial charge in [0.1, 0.15) is 5.75 Å². The number of phenolic OH excluding ortho intramolecular Hbond substituents is 1. The summed E-state index contributed by atoms with van der Waals surface area (Å²) in [6.45, 7) is 0. The van der Waals surface area contributed by atoms with E-state index in [1.54, 1.807) is 30.3 Å². The van der Waals surface area contributed by atoms with Crippen molar-refractivity contribution in [3.63, 3.8) is 0 Å². The fourth-order valence-corrected chi connectivity index (χ4v) is 3.00. The SMILES string of the molecule is O=c1c2ccccc2[nH]c(=S)n1-c1ccc(O)c(-c2n[nH]c(=S)o2)c1. The van der Waals surface area contributed by atoms with Gasteiger partial charge in [0.2, 0.25) is 5.89 Å². The van der Waals surface area contributed by atoms with E-state index < -0.39 is 0 Å². The number of aromatic amines is 2. The molecule has 2 aromatic heterocycles. The van der Waals surface area contributed by atoms with Crippen molar-refractivity contribution in [3.8, 4) is 22.9 Å². The number of benzene rings is 2. The van der Waals surface area contributed by atoms with Crippen molar-refractivity contribution in [2.45, 2.75) is 0 Å². The van der Waals surface area contributed by atoms with Crippen LogP contribution in [0.1, 0.15) is 0 Å². The van der Waals surface area contributed by atoms with Gasteiger partial charge in [-0.05, 0) is 54.8 Å². The molecule has 0 saturated heterocycles. The van der Waals surface area contributed by atoms with Gasteiger partial charge in [0, 0.05) is 0 Å². The van der Waals surface area contributed by atoms with Gasteiger partial charge in [-0.3, -0.25) is 9.36 Å². The molecule has 0 aliphatic carbocycles. The number of fused-ring (bicyclic) bond motifs is 1. The summed E-state index contributed by atoms with van der Waals surface area (Å²) in [6.07, 6.45) is 0. The molecular formula is C16H10N4O3S2. The van der Waals surface area contributed by atoms with Gasteiger partial charge in [-0.2, -0.15) is 0 Å². The Bertz CT molecular complexity index is 1280. The Labute approximate surface area is 150 Å². The van der Waals surface area contributed by atoms with Gasteiger partial charge in [0.15, 0.2) is 4.77 Å². The highest BCUT2D eigenvalue weighted by molar-refractivity contribution is 7.71. The zero-order valence-electron chi connectivity index (χ0n) is 12.5. The molecule has 4 rings (SSSR count). The Hall–Kier alpha value is -3.04. The van der Waals surface area contributed by atoms with Crippen LogP contribution in [0.5, 0.6) is 5.75 Å². The first-order chi connectivity index (χ1) is 12.0. The maximum Gasteiger partial charge on any atom is 0.284 e. The van der Waals surface area contributed by atoms with Crippen molar-refractivity contribution in [2.75, 3.05) is 0 Å². The van der Waals surface area contributed by atoms with Gasteiger partial charge < -0.3 is 14.5 Å². The molecule has 0 atom stereocenters. The molecular weight excluding hydrogens is 360 g/mol. The monoisotopic (exact) mass is 370 g/mol. The number of aromatic nitrogens is 4. The molecule has 0 amide bonds. The van der Waals surface area contributed by atoms with Crippen LogP contribution in [0.25, 0.3) is 28.0 Å². The zero-order chi connectivity index (χ0) is 17.6. The summed E-state index contributed by atoms with van der Waals surface area (Å²) in [4.78, 5) is 16.0.